The molecule has 19 heavy (non-hydrogen) atoms. The molecular weight excluding hydrogens is 290 g/mol. The minimum atomic E-state index is -3.49. The second-order valence-corrected chi connectivity index (χ2v) is 6.61. The van der Waals surface area contributed by atoms with Gasteiger partial charge in [0.1, 0.15) is 5.75 Å². The lowest BCUT2D eigenvalue weighted by atomic mass is 10.2. The molecule has 1 aliphatic carbocycles. The molecule has 1 amide bonds. The van der Waals surface area contributed by atoms with Gasteiger partial charge in [0.05, 0.1) is 0 Å². The number of rotatable bonds is 8. The minimum Gasteiger partial charge on any atom is -0.354 e. The van der Waals surface area contributed by atoms with Crippen molar-refractivity contribution in [1.29, 1.82) is 0 Å². The van der Waals surface area contributed by atoms with E-state index in [2.05, 4.69) is 5.32 Å². The molecule has 1 saturated carbocycles. The molecule has 0 aromatic rings. The zero-order chi connectivity index (χ0) is 13.8. The van der Waals surface area contributed by atoms with Gasteiger partial charge in [-0.1, -0.05) is 13.8 Å². The Balaban J connectivity index is 0.00000324. The number of halogens is 1. The topological polar surface area (TPSA) is 92.5 Å². The van der Waals surface area contributed by atoms with Crippen molar-refractivity contribution in [2.24, 2.45) is 11.7 Å². The van der Waals surface area contributed by atoms with Crippen molar-refractivity contribution in [2.75, 3.05) is 25.4 Å². The van der Waals surface area contributed by atoms with Gasteiger partial charge in [0, 0.05) is 25.7 Å². The van der Waals surface area contributed by atoms with Crippen molar-refractivity contribution in [2.45, 2.75) is 32.7 Å². The Hall–Kier alpha value is -0.370. The highest BCUT2D eigenvalue weighted by atomic mass is 35.5. The Morgan fingerprint density at radius 3 is 2.32 bits per heavy atom. The minimum absolute atomic E-state index is 0. The standard InChI is InChI=1S/C11H23N3O3S.ClH/c1-3-14(4-2)18(16,17)8-11(15)13-7-10(12)9-5-6-9;/h9-10H,3-8,12H2,1-2H3,(H,13,15);1H. The average Bonchev–Trinajstić information content (AvgIpc) is 3.10. The van der Waals surface area contributed by atoms with Gasteiger partial charge in [0.15, 0.2) is 0 Å². The second-order valence-electron chi connectivity index (χ2n) is 4.65. The first-order chi connectivity index (χ1) is 8.40. The van der Waals surface area contributed by atoms with E-state index in [9.17, 15) is 13.2 Å². The number of nitrogens with zero attached hydrogens (tertiary/aromatic N) is 1. The molecule has 1 fully saturated rings. The van der Waals surface area contributed by atoms with Gasteiger partial charge in [-0.15, -0.1) is 12.4 Å². The van der Waals surface area contributed by atoms with Crippen LogP contribution >= 0.6 is 12.4 Å². The van der Waals surface area contributed by atoms with Gasteiger partial charge in [-0.3, -0.25) is 4.79 Å². The summed E-state index contributed by atoms with van der Waals surface area (Å²) >= 11 is 0. The highest BCUT2D eigenvalue weighted by Gasteiger charge is 2.29. The maximum atomic E-state index is 11.8. The van der Waals surface area contributed by atoms with Crippen molar-refractivity contribution in [3.8, 4) is 0 Å². The van der Waals surface area contributed by atoms with Crippen LogP contribution in [0.2, 0.25) is 0 Å². The molecule has 0 heterocycles. The Bertz CT molecular complexity index is 381. The van der Waals surface area contributed by atoms with Crippen LogP contribution in [0.15, 0.2) is 0 Å². The van der Waals surface area contributed by atoms with E-state index in [4.69, 9.17) is 5.73 Å². The zero-order valence-corrected chi connectivity index (χ0v) is 13.1. The largest absolute Gasteiger partial charge is 0.354 e. The Morgan fingerprint density at radius 2 is 1.89 bits per heavy atom. The summed E-state index contributed by atoms with van der Waals surface area (Å²) in [5, 5.41) is 2.59. The van der Waals surface area contributed by atoms with E-state index in [1.54, 1.807) is 13.8 Å². The van der Waals surface area contributed by atoms with Crippen LogP contribution in [0.5, 0.6) is 0 Å². The highest BCUT2D eigenvalue weighted by Crippen LogP contribution is 2.31. The van der Waals surface area contributed by atoms with Gasteiger partial charge in [-0.05, 0) is 18.8 Å². The van der Waals surface area contributed by atoms with Gasteiger partial charge in [-0.2, -0.15) is 0 Å². The highest BCUT2D eigenvalue weighted by molar-refractivity contribution is 7.89. The SMILES string of the molecule is CCN(CC)S(=O)(=O)CC(=O)NCC(N)C1CC1.Cl. The zero-order valence-electron chi connectivity index (χ0n) is 11.5. The summed E-state index contributed by atoms with van der Waals surface area (Å²) in [6.07, 6.45) is 2.21. The second kappa shape index (κ2) is 8.04. The van der Waals surface area contributed by atoms with Crippen molar-refractivity contribution < 1.29 is 13.2 Å². The summed E-state index contributed by atoms with van der Waals surface area (Å²) in [5.41, 5.74) is 5.83. The van der Waals surface area contributed by atoms with Crippen LogP contribution in [0.25, 0.3) is 0 Å². The van der Waals surface area contributed by atoms with E-state index in [-0.39, 0.29) is 18.4 Å². The predicted molar refractivity (Wildman–Crippen MR) is 77.7 cm³/mol. The molecule has 0 bridgehead atoms. The fraction of sp³-hybridized carbons (Fsp3) is 0.909. The van der Waals surface area contributed by atoms with Crippen LogP contribution in [-0.4, -0.2) is 50.1 Å². The molecule has 0 aliphatic heterocycles. The van der Waals surface area contributed by atoms with E-state index in [1.165, 1.54) is 4.31 Å². The number of nitrogens with one attached hydrogen (secondary N) is 1. The normalized spacial score (nSPS) is 16.8. The Labute approximate surface area is 121 Å². The van der Waals surface area contributed by atoms with Crippen LogP contribution < -0.4 is 11.1 Å². The quantitative estimate of drug-likeness (QED) is 0.656. The lowest BCUT2D eigenvalue weighted by molar-refractivity contribution is -0.118. The van der Waals surface area contributed by atoms with Gasteiger partial charge in [0.2, 0.25) is 15.9 Å². The first-order valence-electron chi connectivity index (χ1n) is 6.40. The average molecular weight is 314 g/mol. The van der Waals surface area contributed by atoms with Crippen molar-refractivity contribution in [3.05, 3.63) is 0 Å². The molecule has 1 rings (SSSR count). The van der Waals surface area contributed by atoms with Crippen LogP contribution in [0.3, 0.4) is 0 Å². The fourth-order valence-corrected chi connectivity index (χ4v) is 3.25. The summed E-state index contributed by atoms with van der Waals surface area (Å²) < 4.78 is 24.9. The number of nitrogens with two attached hydrogens (primary N) is 1. The predicted octanol–water partition coefficient (Wildman–Crippen LogP) is -0.0667. The lowest BCUT2D eigenvalue weighted by Crippen LogP contribution is -2.43. The maximum absolute atomic E-state index is 11.8. The molecule has 0 radical (unpaired) electrons. The number of carbonyl (C=O) groups excluding carboxylic acids is 1. The smallest absolute Gasteiger partial charge is 0.236 e. The molecule has 0 spiro atoms. The number of hydrogen-bond acceptors (Lipinski definition) is 4. The molecule has 0 aromatic heterocycles. The number of hydrogen-bond donors (Lipinski definition) is 2. The fourth-order valence-electron chi connectivity index (χ4n) is 1.85. The molecule has 1 aliphatic rings. The monoisotopic (exact) mass is 313 g/mol. The summed E-state index contributed by atoms with van der Waals surface area (Å²) in [5.74, 6) is -0.478. The van der Waals surface area contributed by atoms with Crippen LogP contribution in [-0.2, 0) is 14.8 Å². The molecule has 114 valence electrons. The number of amides is 1. The van der Waals surface area contributed by atoms with Crippen molar-refractivity contribution in [1.82, 2.24) is 9.62 Å². The lowest BCUT2D eigenvalue weighted by Gasteiger charge is -2.18. The van der Waals surface area contributed by atoms with E-state index < -0.39 is 21.7 Å². The molecular formula is C11H24ClN3O3S. The van der Waals surface area contributed by atoms with Crippen LogP contribution in [0.4, 0.5) is 0 Å². The van der Waals surface area contributed by atoms with Crippen LogP contribution in [0.1, 0.15) is 26.7 Å². The molecule has 1 unspecified atom stereocenters. The third-order valence-electron chi connectivity index (χ3n) is 3.17. The first-order valence-corrected chi connectivity index (χ1v) is 8.01. The van der Waals surface area contributed by atoms with E-state index in [1.807, 2.05) is 0 Å². The number of carbonyl (C=O) groups is 1. The maximum Gasteiger partial charge on any atom is 0.236 e. The molecule has 0 aromatic carbocycles. The van der Waals surface area contributed by atoms with Crippen LogP contribution in [0, 0.1) is 5.92 Å². The first kappa shape index (κ1) is 18.6. The van der Waals surface area contributed by atoms with E-state index in [0.29, 0.717) is 25.6 Å². The van der Waals surface area contributed by atoms with Crippen molar-refractivity contribution >= 4 is 28.3 Å². The number of sulfonamides is 1. The summed E-state index contributed by atoms with van der Waals surface area (Å²) in [4.78, 5) is 11.6. The summed E-state index contributed by atoms with van der Waals surface area (Å²) in [6, 6.07) is -0.0508. The van der Waals surface area contributed by atoms with E-state index in [0.717, 1.165) is 12.8 Å². The summed E-state index contributed by atoms with van der Waals surface area (Å²) in [6.45, 7) is 4.63. The van der Waals surface area contributed by atoms with E-state index >= 15 is 0 Å². The third-order valence-corrected chi connectivity index (χ3v) is 5.10. The molecule has 1 atom stereocenters. The van der Waals surface area contributed by atoms with Gasteiger partial charge in [-0.25, -0.2) is 12.7 Å². The molecule has 8 heteroatoms. The summed E-state index contributed by atoms with van der Waals surface area (Å²) in [7, 11) is -3.49. The van der Waals surface area contributed by atoms with Gasteiger partial charge >= 0.3 is 0 Å². The third kappa shape index (κ3) is 6.07. The van der Waals surface area contributed by atoms with Gasteiger partial charge < -0.3 is 11.1 Å². The molecule has 6 nitrogen and oxygen atoms in total. The van der Waals surface area contributed by atoms with Crippen molar-refractivity contribution in [3.63, 3.8) is 0 Å². The molecule has 0 saturated heterocycles. The Kier molecular flexibility index (Phi) is 7.88. The van der Waals surface area contributed by atoms with Gasteiger partial charge in [0.25, 0.3) is 0 Å². The molecule has 3 N–H and O–H groups in total. The Morgan fingerprint density at radius 1 is 1.37 bits per heavy atom.